The number of fused-ring (bicyclic) bond motifs is 1. The van der Waals surface area contributed by atoms with Crippen molar-refractivity contribution in [1.29, 1.82) is 0 Å². The molecule has 0 aliphatic rings. The fourth-order valence-electron chi connectivity index (χ4n) is 2.91. The second-order valence-electron chi connectivity index (χ2n) is 5.32. The molecule has 0 bridgehead atoms. The highest BCUT2D eigenvalue weighted by Crippen LogP contribution is 2.31. The summed E-state index contributed by atoms with van der Waals surface area (Å²) in [5.74, 6) is 0. The van der Waals surface area contributed by atoms with Gasteiger partial charge in [0.05, 0.1) is 11.2 Å². The van der Waals surface area contributed by atoms with E-state index in [1.165, 1.54) is 0 Å². The summed E-state index contributed by atoms with van der Waals surface area (Å²) < 4.78 is 2.09. The molecule has 0 saturated carbocycles. The number of para-hydroxylation sites is 1. The summed E-state index contributed by atoms with van der Waals surface area (Å²) in [7, 11) is -1.49. The second-order valence-corrected chi connectivity index (χ2v) is 5.32. The van der Waals surface area contributed by atoms with E-state index in [9.17, 15) is 10.0 Å². The summed E-state index contributed by atoms with van der Waals surface area (Å²) >= 11 is 0. The van der Waals surface area contributed by atoms with Crippen LogP contribution in [0, 0.1) is 0 Å². The molecule has 0 aliphatic carbocycles. The van der Waals surface area contributed by atoms with Gasteiger partial charge in [-0.15, -0.1) is 0 Å². The largest absolute Gasteiger partial charge is 0.488 e. The molecule has 0 spiro atoms. The van der Waals surface area contributed by atoms with Gasteiger partial charge < -0.3 is 14.6 Å². The maximum atomic E-state index is 9.49. The predicted molar refractivity (Wildman–Crippen MR) is 97.9 cm³/mol. The molecule has 3 nitrogen and oxygen atoms in total. The van der Waals surface area contributed by atoms with E-state index >= 15 is 0 Å². The Kier molecular flexibility index (Phi) is 4.19. The number of benzene rings is 2. The highest BCUT2D eigenvalue weighted by atomic mass is 16.4. The zero-order valence-corrected chi connectivity index (χ0v) is 13.0. The molecule has 2 N–H and O–H groups in total. The van der Waals surface area contributed by atoms with E-state index in [2.05, 4.69) is 11.1 Å². The third-order valence-corrected chi connectivity index (χ3v) is 3.91. The van der Waals surface area contributed by atoms with E-state index in [0.29, 0.717) is 5.46 Å². The lowest BCUT2D eigenvalue weighted by Gasteiger charge is -2.09. The van der Waals surface area contributed by atoms with Crippen molar-refractivity contribution in [1.82, 2.24) is 4.57 Å². The van der Waals surface area contributed by atoms with Crippen LogP contribution >= 0.6 is 0 Å². The summed E-state index contributed by atoms with van der Waals surface area (Å²) in [6, 6.07) is 15.4. The van der Waals surface area contributed by atoms with Gasteiger partial charge in [0.25, 0.3) is 0 Å². The maximum Gasteiger partial charge on any atom is 0.488 e. The van der Waals surface area contributed by atoms with Crippen molar-refractivity contribution in [3.8, 4) is 5.69 Å². The van der Waals surface area contributed by atoms with Gasteiger partial charge >= 0.3 is 7.12 Å². The first-order chi connectivity index (χ1) is 11.2. The van der Waals surface area contributed by atoms with E-state index in [4.69, 9.17) is 0 Å². The number of hydrogen-bond donors (Lipinski definition) is 2. The zero-order chi connectivity index (χ0) is 16.4. The molecule has 23 heavy (non-hydrogen) atoms. The van der Waals surface area contributed by atoms with Crippen LogP contribution in [-0.4, -0.2) is 21.7 Å². The Morgan fingerprint density at radius 3 is 2.43 bits per heavy atom. The first-order valence-corrected chi connectivity index (χ1v) is 7.52. The molecular formula is C19H18BNO2. The molecule has 0 aliphatic heterocycles. The molecular weight excluding hydrogens is 285 g/mol. The van der Waals surface area contributed by atoms with Crippen LogP contribution in [0.2, 0.25) is 0 Å². The highest BCUT2D eigenvalue weighted by Gasteiger charge is 2.18. The van der Waals surface area contributed by atoms with E-state index < -0.39 is 7.12 Å². The monoisotopic (exact) mass is 303 g/mol. The molecule has 0 unspecified atom stereocenters. The van der Waals surface area contributed by atoms with Gasteiger partial charge in [0.2, 0.25) is 0 Å². The van der Waals surface area contributed by atoms with Crippen molar-refractivity contribution in [3.63, 3.8) is 0 Å². The normalized spacial score (nSPS) is 11.3. The van der Waals surface area contributed by atoms with E-state index in [1.54, 1.807) is 6.07 Å². The lowest BCUT2D eigenvalue weighted by atomic mass is 9.80. The molecule has 1 heterocycles. The number of aromatic nitrogens is 1. The first kappa shape index (κ1) is 15.3. The predicted octanol–water partition coefficient (Wildman–Crippen LogP) is 2.99. The minimum absolute atomic E-state index is 0.467. The van der Waals surface area contributed by atoms with Crippen LogP contribution in [-0.2, 0) is 0 Å². The first-order valence-electron chi connectivity index (χ1n) is 7.52. The van der Waals surface area contributed by atoms with Crippen molar-refractivity contribution < 1.29 is 10.0 Å². The Bertz CT molecular complexity index is 879. The molecule has 3 rings (SSSR count). The number of rotatable bonds is 4. The molecule has 2 aromatic carbocycles. The van der Waals surface area contributed by atoms with E-state index in [0.717, 1.165) is 27.8 Å². The van der Waals surface area contributed by atoms with Gasteiger partial charge in [-0.25, -0.2) is 0 Å². The van der Waals surface area contributed by atoms with Crippen molar-refractivity contribution in [2.24, 2.45) is 0 Å². The summed E-state index contributed by atoms with van der Waals surface area (Å²) in [6.07, 6.45) is 5.87. The molecule has 0 radical (unpaired) electrons. The third-order valence-electron chi connectivity index (χ3n) is 3.91. The van der Waals surface area contributed by atoms with Gasteiger partial charge in [-0.3, -0.25) is 0 Å². The molecule has 0 atom stereocenters. The average Bonchev–Trinajstić information content (AvgIpc) is 2.89. The maximum absolute atomic E-state index is 9.49. The fraction of sp³-hybridized carbons (Fsp3) is 0.0526. The fourth-order valence-corrected chi connectivity index (χ4v) is 2.91. The Hall–Kier alpha value is -2.56. The van der Waals surface area contributed by atoms with Crippen LogP contribution in [0.1, 0.15) is 18.2 Å². The molecule has 0 fully saturated rings. The van der Waals surface area contributed by atoms with E-state index in [1.807, 2.05) is 67.6 Å². The lowest BCUT2D eigenvalue weighted by Crippen LogP contribution is -2.29. The molecule has 0 amide bonds. The van der Waals surface area contributed by atoms with E-state index in [-0.39, 0.29) is 0 Å². The van der Waals surface area contributed by atoms with Crippen molar-refractivity contribution in [3.05, 3.63) is 72.4 Å². The lowest BCUT2D eigenvalue weighted by molar-refractivity contribution is 0.426. The molecule has 0 saturated heterocycles. The number of hydrogen-bond acceptors (Lipinski definition) is 2. The average molecular weight is 303 g/mol. The van der Waals surface area contributed by atoms with Crippen molar-refractivity contribution in [2.75, 3.05) is 0 Å². The van der Waals surface area contributed by atoms with Crippen molar-refractivity contribution >= 4 is 35.6 Å². The molecule has 1 aromatic heterocycles. The van der Waals surface area contributed by atoms with Gasteiger partial charge in [0.15, 0.2) is 0 Å². The highest BCUT2D eigenvalue weighted by molar-refractivity contribution is 6.58. The summed E-state index contributed by atoms with van der Waals surface area (Å²) in [4.78, 5) is 0. The standard InChI is InChI=1S/C19H18BNO2/c1-3-8-16-17-12-11-14(20(22)23)13-19(17)21(18(16)4-2)15-9-6-5-7-10-15/h3-13,22-23H,2H2,1H3/b8-3-. The van der Waals surface area contributed by atoms with Crippen LogP contribution < -0.4 is 5.46 Å². The zero-order valence-electron chi connectivity index (χ0n) is 13.0. The summed E-state index contributed by atoms with van der Waals surface area (Å²) in [5, 5.41) is 20.0. The minimum Gasteiger partial charge on any atom is -0.423 e. The van der Waals surface area contributed by atoms with Crippen LogP contribution in [0.3, 0.4) is 0 Å². The van der Waals surface area contributed by atoms with Crippen LogP contribution in [0.5, 0.6) is 0 Å². The summed E-state index contributed by atoms with van der Waals surface area (Å²) in [6.45, 7) is 5.94. The topological polar surface area (TPSA) is 45.4 Å². The van der Waals surface area contributed by atoms with Gasteiger partial charge in [-0.1, -0.05) is 49.1 Å². The second kappa shape index (κ2) is 6.28. The number of allylic oxidation sites excluding steroid dienone is 1. The van der Waals surface area contributed by atoms with Crippen LogP contribution in [0.15, 0.2) is 61.2 Å². The van der Waals surface area contributed by atoms with Gasteiger partial charge in [0, 0.05) is 16.6 Å². The quantitative estimate of drug-likeness (QED) is 0.728. The van der Waals surface area contributed by atoms with Gasteiger partial charge in [-0.05, 0) is 36.7 Å². The third kappa shape index (κ3) is 2.63. The smallest absolute Gasteiger partial charge is 0.423 e. The Morgan fingerprint density at radius 2 is 1.83 bits per heavy atom. The van der Waals surface area contributed by atoms with Crippen LogP contribution in [0.25, 0.3) is 28.7 Å². The summed E-state index contributed by atoms with van der Waals surface area (Å²) in [5.41, 5.74) is 4.45. The van der Waals surface area contributed by atoms with Crippen LogP contribution in [0.4, 0.5) is 0 Å². The van der Waals surface area contributed by atoms with Gasteiger partial charge in [0.1, 0.15) is 0 Å². The molecule has 4 heteroatoms. The van der Waals surface area contributed by atoms with Crippen molar-refractivity contribution in [2.45, 2.75) is 6.92 Å². The minimum atomic E-state index is -1.49. The Labute approximate surface area is 136 Å². The molecule has 3 aromatic rings. The van der Waals surface area contributed by atoms with Gasteiger partial charge in [-0.2, -0.15) is 0 Å². The molecule has 114 valence electrons. The Morgan fingerprint density at radius 1 is 1.09 bits per heavy atom. The SMILES string of the molecule is C=Cc1c(/C=C\C)c2ccc(B(O)O)cc2n1-c1ccccc1. The number of nitrogens with zero attached hydrogens (tertiary/aromatic N) is 1. The Balaban J connectivity index is 2.43.